The van der Waals surface area contributed by atoms with Gasteiger partial charge in [-0.2, -0.15) is 8.78 Å². The third-order valence-corrected chi connectivity index (χ3v) is 1.53. The van der Waals surface area contributed by atoms with Crippen molar-refractivity contribution < 1.29 is 18.3 Å². The number of halogens is 2. The van der Waals surface area contributed by atoms with E-state index < -0.39 is 17.6 Å². The molecule has 0 unspecified atom stereocenters. The fourth-order valence-corrected chi connectivity index (χ4v) is 0.875. The van der Waals surface area contributed by atoms with E-state index >= 15 is 0 Å². The van der Waals surface area contributed by atoms with Gasteiger partial charge in [-0.05, 0) is 13.0 Å². The van der Waals surface area contributed by atoms with Crippen molar-refractivity contribution in [2.45, 2.75) is 12.8 Å². The van der Waals surface area contributed by atoms with Crippen molar-refractivity contribution in [1.29, 1.82) is 0 Å². The van der Waals surface area contributed by atoms with Crippen LogP contribution in [0.4, 0.5) is 14.7 Å². The van der Waals surface area contributed by atoms with Gasteiger partial charge in [-0.25, -0.2) is 14.8 Å². The van der Waals surface area contributed by atoms with Gasteiger partial charge in [0.15, 0.2) is 0 Å². The molecule has 0 saturated heterocycles. The molecule has 1 rings (SSSR count). The molecule has 15 heavy (non-hydrogen) atoms. The summed E-state index contributed by atoms with van der Waals surface area (Å²) in [5.74, 6) is -5.77. The van der Waals surface area contributed by atoms with Gasteiger partial charge >= 0.3 is 11.9 Å². The second-order valence-corrected chi connectivity index (χ2v) is 2.59. The number of rotatable bonds is 3. The predicted octanol–water partition coefficient (Wildman–Crippen LogP) is 0.714. The number of nitrogens with zero attached hydrogens (tertiary/aromatic N) is 2. The highest BCUT2D eigenvalue weighted by atomic mass is 19.3. The van der Waals surface area contributed by atoms with Gasteiger partial charge in [-0.3, -0.25) is 0 Å². The Labute approximate surface area is 84.3 Å². The highest BCUT2D eigenvalue weighted by Crippen LogP contribution is 2.27. The zero-order valence-corrected chi connectivity index (χ0v) is 7.91. The summed E-state index contributed by atoms with van der Waals surface area (Å²) in [4.78, 5) is 17.6. The highest BCUT2D eigenvalue weighted by Gasteiger charge is 2.44. The van der Waals surface area contributed by atoms with Crippen molar-refractivity contribution >= 4 is 11.9 Å². The van der Waals surface area contributed by atoms with E-state index in [9.17, 15) is 13.6 Å². The van der Waals surface area contributed by atoms with Crippen molar-refractivity contribution in [3.63, 3.8) is 0 Å². The Kier molecular flexibility index (Phi) is 3.13. The Balaban J connectivity index is 2.99. The number of alkyl halides is 2. The van der Waals surface area contributed by atoms with Crippen LogP contribution in [0, 0.1) is 0 Å². The lowest BCUT2D eigenvalue weighted by atomic mass is 10.2. The SMILES string of the molecule is CCOC(=O)C(F)(F)c1ccnc(N)n1. The monoisotopic (exact) mass is 217 g/mol. The fraction of sp³-hybridized carbons (Fsp3) is 0.375. The Hall–Kier alpha value is -1.79. The third kappa shape index (κ3) is 2.36. The van der Waals surface area contributed by atoms with Crippen LogP contribution >= 0.6 is 0 Å². The van der Waals surface area contributed by atoms with Crippen molar-refractivity contribution in [2.75, 3.05) is 12.3 Å². The summed E-state index contributed by atoms with van der Waals surface area (Å²) in [5.41, 5.74) is 4.35. The minimum Gasteiger partial charge on any atom is -0.461 e. The van der Waals surface area contributed by atoms with Crippen LogP contribution < -0.4 is 5.73 Å². The first-order chi connectivity index (χ1) is 6.98. The van der Waals surface area contributed by atoms with E-state index in [0.29, 0.717) is 0 Å². The van der Waals surface area contributed by atoms with Gasteiger partial charge in [0.25, 0.3) is 0 Å². The molecule has 0 aromatic carbocycles. The van der Waals surface area contributed by atoms with Crippen molar-refractivity contribution in [3.8, 4) is 0 Å². The van der Waals surface area contributed by atoms with E-state index in [-0.39, 0.29) is 12.6 Å². The zero-order valence-electron chi connectivity index (χ0n) is 7.91. The number of anilines is 1. The van der Waals surface area contributed by atoms with E-state index in [1.807, 2.05) is 0 Å². The number of nitrogens with two attached hydrogens (primary N) is 1. The number of aromatic nitrogens is 2. The van der Waals surface area contributed by atoms with Gasteiger partial charge in [0.1, 0.15) is 5.69 Å². The number of nitrogen functional groups attached to an aromatic ring is 1. The molecule has 7 heteroatoms. The second kappa shape index (κ2) is 4.16. The van der Waals surface area contributed by atoms with Crippen molar-refractivity contribution in [2.24, 2.45) is 0 Å². The Morgan fingerprint density at radius 2 is 2.33 bits per heavy atom. The number of hydrogen-bond donors (Lipinski definition) is 1. The maximum Gasteiger partial charge on any atom is 0.384 e. The summed E-state index contributed by atoms with van der Waals surface area (Å²) in [6.07, 6.45) is 1.05. The molecule has 82 valence electrons. The second-order valence-electron chi connectivity index (χ2n) is 2.59. The minimum atomic E-state index is -3.80. The summed E-state index contributed by atoms with van der Waals surface area (Å²) in [7, 11) is 0. The summed E-state index contributed by atoms with van der Waals surface area (Å²) >= 11 is 0. The molecular formula is C8H9F2N3O2. The molecule has 5 nitrogen and oxygen atoms in total. The fourth-order valence-electron chi connectivity index (χ4n) is 0.875. The molecule has 0 aliphatic rings. The minimum absolute atomic E-state index is 0.130. The molecule has 0 saturated carbocycles. The molecule has 1 aromatic rings. The molecule has 0 fully saturated rings. The first-order valence-corrected chi connectivity index (χ1v) is 4.12. The Bertz CT molecular complexity index is 371. The van der Waals surface area contributed by atoms with E-state index in [4.69, 9.17) is 5.73 Å². The maximum absolute atomic E-state index is 13.3. The van der Waals surface area contributed by atoms with Crippen LogP contribution in [0.1, 0.15) is 12.6 Å². The van der Waals surface area contributed by atoms with Gasteiger partial charge < -0.3 is 10.5 Å². The van der Waals surface area contributed by atoms with Crippen molar-refractivity contribution in [3.05, 3.63) is 18.0 Å². The van der Waals surface area contributed by atoms with Crippen LogP contribution in [-0.2, 0) is 15.5 Å². The first-order valence-electron chi connectivity index (χ1n) is 4.12. The predicted molar refractivity (Wildman–Crippen MR) is 47.0 cm³/mol. The molecule has 0 aliphatic carbocycles. The number of hydrogen-bond acceptors (Lipinski definition) is 5. The van der Waals surface area contributed by atoms with Gasteiger partial charge in [0.2, 0.25) is 5.95 Å². The third-order valence-electron chi connectivity index (χ3n) is 1.53. The van der Waals surface area contributed by atoms with E-state index in [1.54, 1.807) is 0 Å². The van der Waals surface area contributed by atoms with E-state index in [2.05, 4.69) is 14.7 Å². The number of ether oxygens (including phenoxy) is 1. The molecule has 0 atom stereocenters. The Morgan fingerprint density at radius 3 is 2.87 bits per heavy atom. The summed E-state index contributed by atoms with van der Waals surface area (Å²) in [6.45, 7) is 1.30. The van der Waals surface area contributed by atoms with E-state index in [1.165, 1.54) is 6.92 Å². The molecule has 0 amide bonds. The molecule has 0 aliphatic heterocycles. The van der Waals surface area contributed by atoms with Crippen molar-refractivity contribution in [1.82, 2.24) is 9.97 Å². The summed E-state index contributed by atoms with van der Waals surface area (Å²) < 4.78 is 30.8. The number of carbonyl (C=O) groups excluding carboxylic acids is 1. The molecule has 1 aromatic heterocycles. The topological polar surface area (TPSA) is 78.1 Å². The molecular weight excluding hydrogens is 208 g/mol. The quantitative estimate of drug-likeness (QED) is 0.754. The average Bonchev–Trinajstić information content (AvgIpc) is 2.18. The smallest absolute Gasteiger partial charge is 0.384 e. The van der Waals surface area contributed by atoms with Gasteiger partial charge in [-0.15, -0.1) is 0 Å². The van der Waals surface area contributed by atoms with Crippen LogP contribution in [0.15, 0.2) is 12.3 Å². The average molecular weight is 217 g/mol. The standard InChI is InChI=1S/C8H9F2N3O2/c1-2-15-6(14)8(9,10)5-3-4-12-7(11)13-5/h3-4H,2H2,1H3,(H2,11,12,13). The van der Waals surface area contributed by atoms with E-state index in [0.717, 1.165) is 12.3 Å². The van der Waals surface area contributed by atoms with Crippen LogP contribution in [0.2, 0.25) is 0 Å². The lowest BCUT2D eigenvalue weighted by molar-refractivity contribution is -0.173. The number of carbonyl (C=O) groups is 1. The molecule has 0 bridgehead atoms. The summed E-state index contributed by atoms with van der Waals surface area (Å²) in [5, 5.41) is 0. The van der Waals surface area contributed by atoms with Crippen LogP contribution in [0.25, 0.3) is 0 Å². The zero-order chi connectivity index (χ0) is 11.5. The largest absolute Gasteiger partial charge is 0.461 e. The normalized spacial score (nSPS) is 11.1. The molecule has 0 radical (unpaired) electrons. The van der Waals surface area contributed by atoms with Gasteiger partial charge in [-0.1, -0.05) is 0 Å². The lowest BCUT2D eigenvalue weighted by Crippen LogP contribution is -2.29. The molecule has 2 N–H and O–H groups in total. The number of esters is 1. The highest BCUT2D eigenvalue weighted by molar-refractivity contribution is 5.78. The lowest BCUT2D eigenvalue weighted by Gasteiger charge is -2.13. The maximum atomic E-state index is 13.3. The molecule has 1 heterocycles. The first kappa shape index (κ1) is 11.3. The van der Waals surface area contributed by atoms with Crippen LogP contribution in [-0.4, -0.2) is 22.5 Å². The van der Waals surface area contributed by atoms with Gasteiger partial charge in [0, 0.05) is 6.20 Å². The van der Waals surface area contributed by atoms with Crippen LogP contribution in [0.5, 0.6) is 0 Å². The molecule has 0 spiro atoms. The van der Waals surface area contributed by atoms with Gasteiger partial charge in [0.05, 0.1) is 6.61 Å². The van der Waals surface area contributed by atoms with Crippen LogP contribution in [0.3, 0.4) is 0 Å². The summed E-state index contributed by atoms with van der Waals surface area (Å²) in [6, 6.07) is 0.910. The Morgan fingerprint density at radius 1 is 1.67 bits per heavy atom.